The van der Waals surface area contributed by atoms with Crippen molar-refractivity contribution >= 4 is 27.3 Å². The SMILES string of the molecule is COc1ccc(C(=O)c2cc3cc(C)n(CC[NH+]4CCOCC4)c3s2)cn1. The maximum Gasteiger partial charge on any atom is 0.212 e. The molecule has 142 valence electrons. The molecule has 1 fully saturated rings. The number of aromatic nitrogens is 2. The molecule has 6 nitrogen and oxygen atoms in total. The van der Waals surface area contributed by atoms with Crippen molar-refractivity contribution in [2.75, 3.05) is 40.0 Å². The van der Waals surface area contributed by atoms with Gasteiger partial charge in [0.2, 0.25) is 11.7 Å². The maximum atomic E-state index is 12.8. The molecule has 0 bridgehead atoms. The summed E-state index contributed by atoms with van der Waals surface area (Å²) in [5.74, 6) is 0.518. The van der Waals surface area contributed by atoms with Gasteiger partial charge in [-0.2, -0.15) is 0 Å². The second kappa shape index (κ2) is 7.80. The Morgan fingerprint density at radius 1 is 1.33 bits per heavy atom. The molecule has 0 unspecified atom stereocenters. The third-order valence-electron chi connectivity index (χ3n) is 5.10. The van der Waals surface area contributed by atoms with Crippen LogP contribution in [-0.4, -0.2) is 55.3 Å². The fourth-order valence-corrected chi connectivity index (χ4v) is 4.71. The van der Waals surface area contributed by atoms with Crippen LogP contribution in [0.25, 0.3) is 10.2 Å². The van der Waals surface area contributed by atoms with Crippen LogP contribution >= 0.6 is 11.3 Å². The van der Waals surface area contributed by atoms with Crippen molar-refractivity contribution in [3.63, 3.8) is 0 Å². The van der Waals surface area contributed by atoms with Gasteiger partial charge in [-0.05, 0) is 25.1 Å². The zero-order chi connectivity index (χ0) is 18.8. The molecule has 1 saturated heterocycles. The first-order valence-electron chi connectivity index (χ1n) is 9.21. The van der Waals surface area contributed by atoms with E-state index in [0.717, 1.165) is 49.7 Å². The van der Waals surface area contributed by atoms with Crippen LogP contribution < -0.4 is 9.64 Å². The first-order valence-corrected chi connectivity index (χ1v) is 10.0. The highest BCUT2D eigenvalue weighted by Gasteiger charge is 2.18. The molecule has 3 aromatic rings. The Kier molecular flexibility index (Phi) is 5.24. The molecule has 4 heterocycles. The standard InChI is InChI=1S/C20H23N3O3S/c1-14-11-16-12-17(19(24)15-3-4-18(25-2)21-13-15)27-20(16)23(14)6-5-22-7-9-26-10-8-22/h3-4,11-13H,5-10H2,1-2H3/p+1. The average Bonchev–Trinajstić information content (AvgIpc) is 3.24. The van der Waals surface area contributed by atoms with Gasteiger partial charge in [0.05, 0.1) is 38.3 Å². The molecule has 1 N–H and O–H groups in total. The molecule has 1 aliphatic heterocycles. The number of ketones is 1. The van der Waals surface area contributed by atoms with Gasteiger partial charge in [-0.3, -0.25) is 4.79 Å². The van der Waals surface area contributed by atoms with Crippen LogP contribution in [0.1, 0.15) is 20.9 Å². The molecule has 0 saturated carbocycles. The number of morpholine rings is 1. The summed E-state index contributed by atoms with van der Waals surface area (Å²) in [7, 11) is 1.57. The summed E-state index contributed by atoms with van der Waals surface area (Å²) in [4.78, 5) is 20.5. The lowest BCUT2D eigenvalue weighted by molar-refractivity contribution is -0.908. The molecule has 0 aromatic carbocycles. The fourth-order valence-electron chi connectivity index (χ4n) is 3.52. The summed E-state index contributed by atoms with van der Waals surface area (Å²) in [5, 5.41) is 1.14. The van der Waals surface area contributed by atoms with Gasteiger partial charge in [-0.15, -0.1) is 11.3 Å². The van der Waals surface area contributed by atoms with E-state index in [9.17, 15) is 4.79 Å². The number of methoxy groups -OCH3 is 1. The zero-order valence-electron chi connectivity index (χ0n) is 15.7. The Bertz CT molecular complexity index is 939. The number of rotatable bonds is 6. The van der Waals surface area contributed by atoms with Crippen LogP contribution in [-0.2, 0) is 11.3 Å². The lowest BCUT2D eigenvalue weighted by Crippen LogP contribution is -3.14. The highest BCUT2D eigenvalue weighted by atomic mass is 32.1. The Labute approximate surface area is 162 Å². The molecule has 0 radical (unpaired) electrons. The van der Waals surface area contributed by atoms with Gasteiger partial charge in [0, 0.05) is 28.9 Å². The second-order valence-corrected chi connectivity index (χ2v) is 7.87. The van der Waals surface area contributed by atoms with Crippen LogP contribution in [0.2, 0.25) is 0 Å². The summed E-state index contributed by atoms with van der Waals surface area (Å²) in [6.45, 7) is 8.02. The number of carbonyl (C=O) groups is 1. The van der Waals surface area contributed by atoms with Crippen molar-refractivity contribution in [1.82, 2.24) is 9.55 Å². The summed E-state index contributed by atoms with van der Waals surface area (Å²) in [6, 6.07) is 7.65. The molecule has 0 spiro atoms. The first kappa shape index (κ1) is 18.2. The van der Waals surface area contributed by atoms with E-state index in [1.807, 2.05) is 6.07 Å². The molecule has 27 heavy (non-hydrogen) atoms. The number of ether oxygens (including phenoxy) is 2. The van der Waals surface area contributed by atoms with Crippen LogP contribution in [0, 0.1) is 6.92 Å². The Hall–Kier alpha value is -2.22. The fraction of sp³-hybridized carbons (Fsp3) is 0.400. The topological polar surface area (TPSA) is 57.8 Å². The lowest BCUT2D eigenvalue weighted by atomic mass is 10.1. The number of quaternary nitrogens is 1. The minimum atomic E-state index is 0.00867. The lowest BCUT2D eigenvalue weighted by Gasteiger charge is -2.24. The van der Waals surface area contributed by atoms with Crippen molar-refractivity contribution in [2.24, 2.45) is 0 Å². The maximum absolute atomic E-state index is 12.8. The predicted molar refractivity (Wildman–Crippen MR) is 105 cm³/mol. The number of hydrogen-bond donors (Lipinski definition) is 1. The number of nitrogens with zero attached hydrogens (tertiary/aromatic N) is 2. The molecule has 3 aromatic heterocycles. The van der Waals surface area contributed by atoms with E-state index in [4.69, 9.17) is 9.47 Å². The van der Waals surface area contributed by atoms with Gasteiger partial charge in [-0.25, -0.2) is 4.98 Å². The average molecular weight is 386 g/mol. The number of nitrogens with one attached hydrogen (secondary N) is 1. The Morgan fingerprint density at radius 3 is 2.85 bits per heavy atom. The molecular formula is C20H24N3O3S+. The van der Waals surface area contributed by atoms with E-state index in [1.165, 1.54) is 10.5 Å². The smallest absolute Gasteiger partial charge is 0.212 e. The third kappa shape index (κ3) is 3.76. The van der Waals surface area contributed by atoms with Crippen molar-refractivity contribution in [3.05, 3.63) is 46.6 Å². The molecule has 4 rings (SSSR count). The first-order chi connectivity index (χ1) is 13.2. The largest absolute Gasteiger partial charge is 0.481 e. The van der Waals surface area contributed by atoms with E-state index in [-0.39, 0.29) is 5.78 Å². The van der Waals surface area contributed by atoms with Crippen molar-refractivity contribution in [2.45, 2.75) is 13.5 Å². The summed E-state index contributed by atoms with van der Waals surface area (Å²) < 4.78 is 12.8. The zero-order valence-corrected chi connectivity index (χ0v) is 16.5. The summed E-state index contributed by atoms with van der Waals surface area (Å²) >= 11 is 1.56. The second-order valence-electron chi connectivity index (χ2n) is 6.84. The van der Waals surface area contributed by atoms with Gasteiger partial charge in [-0.1, -0.05) is 0 Å². The van der Waals surface area contributed by atoms with Gasteiger partial charge in [0.15, 0.2) is 0 Å². The predicted octanol–water partition coefficient (Wildman–Crippen LogP) is 1.56. The van der Waals surface area contributed by atoms with Crippen molar-refractivity contribution in [3.8, 4) is 5.88 Å². The van der Waals surface area contributed by atoms with Gasteiger partial charge in [0.25, 0.3) is 0 Å². The van der Waals surface area contributed by atoms with E-state index in [1.54, 1.807) is 41.7 Å². The minimum absolute atomic E-state index is 0.00867. The number of hydrogen-bond acceptors (Lipinski definition) is 5. The number of fused-ring (bicyclic) bond motifs is 1. The van der Waals surface area contributed by atoms with E-state index < -0.39 is 0 Å². The third-order valence-corrected chi connectivity index (χ3v) is 6.27. The van der Waals surface area contributed by atoms with Gasteiger partial charge >= 0.3 is 0 Å². The highest BCUT2D eigenvalue weighted by molar-refractivity contribution is 7.20. The summed E-state index contributed by atoms with van der Waals surface area (Å²) in [6.07, 6.45) is 1.58. The van der Waals surface area contributed by atoms with E-state index in [2.05, 4.69) is 22.5 Å². The molecule has 7 heteroatoms. The molecule has 1 aliphatic rings. The summed E-state index contributed by atoms with van der Waals surface area (Å²) in [5.41, 5.74) is 1.83. The van der Waals surface area contributed by atoms with Crippen LogP contribution in [0.5, 0.6) is 5.88 Å². The number of thiophene rings is 1. The Morgan fingerprint density at radius 2 is 2.15 bits per heavy atom. The molecule has 0 amide bonds. The number of pyridine rings is 1. The number of carbonyl (C=O) groups excluding carboxylic acids is 1. The van der Waals surface area contributed by atoms with Crippen LogP contribution in [0.15, 0.2) is 30.5 Å². The van der Waals surface area contributed by atoms with Crippen LogP contribution in [0.4, 0.5) is 0 Å². The normalized spacial score (nSPS) is 15.3. The van der Waals surface area contributed by atoms with Crippen LogP contribution in [0.3, 0.4) is 0 Å². The monoisotopic (exact) mass is 386 g/mol. The van der Waals surface area contributed by atoms with Crippen molar-refractivity contribution < 1.29 is 19.2 Å². The van der Waals surface area contributed by atoms with E-state index >= 15 is 0 Å². The molecular weight excluding hydrogens is 362 g/mol. The highest BCUT2D eigenvalue weighted by Crippen LogP contribution is 2.30. The van der Waals surface area contributed by atoms with Crippen molar-refractivity contribution in [1.29, 1.82) is 0 Å². The quantitative estimate of drug-likeness (QED) is 0.654. The molecule has 0 aliphatic carbocycles. The Balaban J connectivity index is 1.54. The molecule has 0 atom stereocenters. The van der Waals surface area contributed by atoms with Gasteiger partial charge < -0.3 is 18.9 Å². The minimum Gasteiger partial charge on any atom is -0.481 e. The van der Waals surface area contributed by atoms with E-state index in [0.29, 0.717) is 11.4 Å². The number of aryl methyl sites for hydroxylation is 1. The van der Waals surface area contributed by atoms with Gasteiger partial charge in [0.1, 0.15) is 17.9 Å².